The molecule has 0 fully saturated rings. The molecule has 0 saturated heterocycles. The van der Waals surface area contributed by atoms with Crippen LogP contribution in [0.5, 0.6) is 0 Å². The first-order valence-electron chi connectivity index (χ1n) is 12.6. The van der Waals surface area contributed by atoms with Crippen LogP contribution >= 0.6 is 11.8 Å². The van der Waals surface area contributed by atoms with E-state index in [0.29, 0.717) is 17.0 Å². The second-order valence-corrected chi connectivity index (χ2v) is 11.3. The number of rotatable bonds is 11. The molecule has 0 spiro atoms. The Balaban J connectivity index is 1.68. The van der Waals surface area contributed by atoms with E-state index in [1.54, 1.807) is 13.8 Å². The fourth-order valence-electron chi connectivity index (χ4n) is 3.96. The van der Waals surface area contributed by atoms with Gasteiger partial charge in [0.15, 0.2) is 0 Å². The van der Waals surface area contributed by atoms with E-state index in [-0.39, 0.29) is 30.1 Å². The van der Waals surface area contributed by atoms with Crippen molar-refractivity contribution in [3.63, 3.8) is 0 Å². The molecule has 3 aromatic carbocycles. The summed E-state index contributed by atoms with van der Waals surface area (Å²) in [5.74, 6) is -0.0467. The van der Waals surface area contributed by atoms with Crippen molar-refractivity contribution in [3.05, 3.63) is 89.5 Å². The van der Waals surface area contributed by atoms with E-state index in [0.717, 1.165) is 17.5 Å². The summed E-state index contributed by atoms with van der Waals surface area (Å²) in [6, 6.07) is 23.8. The lowest BCUT2D eigenvalue weighted by molar-refractivity contribution is -0.140. The molecule has 0 aliphatic carbocycles. The lowest BCUT2D eigenvalue weighted by Gasteiger charge is -2.20. The van der Waals surface area contributed by atoms with Gasteiger partial charge >= 0.3 is 5.97 Å². The number of carbonyl (C=O) groups excluding carboxylic acids is 2. The number of hydrogen-bond donors (Lipinski definition) is 1. The maximum Gasteiger partial charge on any atom is 0.307 e. The van der Waals surface area contributed by atoms with E-state index in [2.05, 4.69) is 48.2 Å². The van der Waals surface area contributed by atoms with Crippen molar-refractivity contribution < 1.29 is 18.7 Å². The van der Waals surface area contributed by atoms with Gasteiger partial charge in [0.2, 0.25) is 0 Å². The number of ether oxygens (including phenoxy) is 1. The number of methoxy groups -OCH3 is 1. The van der Waals surface area contributed by atoms with Gasteiger partial charge in [-0.05, 0) is 72.7 Å². The first kappa shape index (κ1) is 28.5. The number of esters is 1. The monoisotopic (exact) mass is 521 g/mol. The maximum atomic E-state index is 14.2. The van der Waals surface area contributed by atoms with Gasteiger partial charge < -0.3 is 10.1 Å². The quantitative estimate of drug-likeness (QED) is 0.207. The lowest BCUT2D eigenvalue weighted by atomic mass is 9.97. The molecule has 1 atom stereocenters. The van der Waals surface area contributed by atoms with Crippen LogP contribution in [0.3, 0.4) is 0 Å². The Labute approximate surface area is 224 Å². The third kappa shape index (κ3) is 8.46. The first-order chi connectivity index (χ1) is 17.6. The Morgan fingerprint density at radius 3 is 2.00 bits per heavy atom. The number of halogens is 1. The molecule has 37 heavy (non-hydrogen) atoms. The van der Waals surface area contributed by atoms with Crippen LogP contribution in [0.2, 0.25) is 0 Å². The number of carbonyl (C=O) groups is 2. The van der Waals surface area contributed by atoms with Gasteiger partial charge in [-0.25, -0.2) is 4.39 Å². The highest BCUT2D eigenvalue weighted by atomic mass is 32.2. The normalized spacial score (nSPS) is 12.3. The number of thioether (sulfide) groups is 1. The van der Waals surface area contributed by atoms with Crippen molar-refractivity contribution in [2.75, 3.05) is 13.7 Å². The third-order valence-electron chi connectivity index (χ3n) is 6.11. The number of amides is 1. The van der Waals surface area contributed by atoms with Crippen molar-refractivity contribution in [2.45, 2.75) is 56.4 Å². The summed E-state index contributed by atoms with van der Waals surface area (Å²) < 4.78 is 18.8. The molecule has 0 aliphatic heterocycles. The Bertz CT molecular complexity index is 1170. The molecular formula is C31H36FNO3S. The molecular weight excluding hydrogens is 485 g/mol. The molecule has 3 rings (SSSR count). The van der Waals surface area contributed by atoms with Gasteiger partial charge in [0, 0.05) is 22.3 Å². The Morgan fingerprint density at radius 2 is 1.49 bits per heavy atom. The van der Waals surface area contributed by atoms with E-state index >= 15 is 0 Å². The van der Waals surface area contributed by atoms with Gasteiger partial charge in [0.1, 0.15) is 5.67 Å². The summed E-state index contributed by atoms with van der Waals surface area (Å²) in [5.41, 5.74) is 3.20. The summed E-state index contributed by atoms with van der Waals surface area (Å²) in [5, 5.41) is 2.99. The smallest absolute Gasteiger partial charge is 0.307 e. The van der Waals surface area contributed by atoms with Crippen LogP contribution in [0.15, 0.2) is 77.7 Å². The highest BCUT2D eigenvalue weighted by Gasteiger charge is 2.19. The van der Waals surface area contributed by atoms with Crippen LogP contribution in [-0.2, 0) is 15.2 Å². The van der Waals surface area contributed by atoms with Gasteiger partial charge in [0.25, 0.3) is 5.91 Å². The molecule has 0 saturated carbocycles. The van der Waals surface area contributed by atoms with E-state index in [1.165, 1.54) is 17.6 Å². The molecule has 0 bridgehead atoms. The highest BCUT2D eigenvalue weighted by molar-refractivity contribution is 7.99. The predicted molar refractivity (Wildman–Crippen MR) is 149 cm³/mol. The van der Waals surface area contributed by atoms with Gasteiger partial charge in [-0.1, -0.05) is 62.4 Å². The van der Waals surface area contributed by atoms with Crippen molar-refractivity contribution >= 4 is 23.6 Å². The number of benzene rings is 3. The van der Waals surface area contributed by atoms with Gasteiger partial charge in [-0.3, -0.25) is 9.59 Å². The van der Waals surface area contributed by atoms with Gasteiger partial charge in [-0.15, -0.1) is 11.8 Å². The van der Waals surface area contributed by atoms with Crippen LogP contribution in [0.1, 0.15) is 67.3 Å². The summed E-state index contributed by atoms with van der Waals surface area (Å²) in [6.07, 6.45) is 1.14. The molecule has 196 valence electrons. The largest absolute Gasteiger partial charge is 0.469 e. The van der Waals surface area contributed by atoms with E-state index in [1.807, 2.05) is 60.3 Å². The van der Waals surface area contributed by atoms with Crippen molar-refractivity contribution in [1.82, 2.24) is 5.32 Å². The molecule has 1 N–H and O–H groups in total. The molecule has 1 amide bonds. The second kappa shape index (κ2) is 12.9. The van der Waals surface area contributed by atoms with Crippen molar-refractivity contribution in [2.24, 2.45) is 5.92 Å². The zero-order chi connectivity index (χ0) is 27.0. The minimum Gasteiger partial charge on any atom is -0.469 e. The van der Waals surface area contributed by atoms with E-state index in [4.69, 9.17) is 0 Å². The van der Waals surface area contributed by atoms with E-state index in [9.17, 15) is 14.0 Å². The van der Waals surface area contributed by atoms with Crippen LogP contribution < -0.4 is 5.32 Å². The van der Waals surface area contributed by atoms with Crippen molar-refractivity contribution in [1.29, 1.82) is 0 Å². The SMILES string of the molecule is COC(=O)CCNC(=O)c1ccc(C(CC(C)C)Sc2ccc(-c3ccc(C(C)(C)F)cc3)cc2)cc1. The Hall–Kier alpha value is -3.12. The second-order valence-electron chi connectivity index (χ2n) is 10.0. The number of nitrogens with one attached hydrogen (secondary N) is 1. The topological polar surface area (TPSA) is 55.4 Å². The van der Waals surface area contributed by atoms with Crippen LogP contribution in [0.4, 0.5) is 4.39 Å². The van der Waals surface area contributed by atoms with Gasteiger partial charge in [-0.2, -0.15) is 0 Å². The number of alkyl halides is 1. The Morgan fingerprint density at radius 1 is 0.919 bits per heavy atom. The molecule has 0 aliphatic rings. The van der Waals surface area contributed by atoms with Crippen LogP contribution in [0, 0.1) is 5.92 Å². The summed E-state index contributed by atoms with van der Waals surface area (Å²) in [6.45, 7) is 7.80. The van der Waals surface area contributed by atoms with Crippen LogP contribution in [-0.4, -0.2) is 25.5 Å². The minimum atomic E-state index is -1.35. The summed E-state index contributed by atoms with van der Waals surface area (Å²) >= 11 is 1.81. The maximum absolute atomic E-state index is 14.2. The average molecular weight is 522 g/mol. The first-order valence-corrected chi connectivity index (χ1v) is 13.5. The molecule has 0 radical (unpaired) electrons. The lowest BCUT2D eigenvalue weighted by Crippen LogP contribution is -2.26. The zero-order valence-electron chi connectivity index (χ0n) is 22.2. The Kier molecular flexibility index (Phi) is 9.93. The fourth-order valence-corrected chi connectivity index (χ4v) is 5.36. The zero-order valence-corrected chi connectivity index (χ0v) is 23.0. The third-order valence-corrected chi connectivity index (χ3v) is 7.40. The van der Waals surface area contributed by atoms with Crippen LogP contribution in [0.25, 0.3) is 11.1 Å². The molecule has 0 aromatic heterocycles. The highest BCUT2D eigenvalue weighted by Crippen LogP contribution is 2.40. The van der Waals surface area contributed by atoms with Crippen molar-refractivity contribution in [3.8, 4) is 11.1 Å². The predicted octanol–water partition coefficient (Wildman–Crippen LogP) is 7.73. The number of hydrogen-bond acceptors (Lipinski definition) is 4. The molecule has 3 aromatic rings. The summed E-state index contributed by atoms with van der Waals surface area (Å²) in [7, 11) is 1.33. The summed E-state index contributed by atoms with van der Waals surface area (Å²) in [4.78, 5) is 24.8. The molecule has 6 heteroatoms. The molecule has 4 nitrogen and oxygen atoms in total. The molecule has 1 unspecified atom stereocenters. The standard InChI is InChI=1S/C31H36FNO3S/c1-21(2)20-28(24-6-8-25(9-7-24)30(35)33-19-18-29(34)36-5)37-27-16-12-23(13-17-27)22-10-14-26(15-11-22)31(3,4)32/h6-17,21,28H,18-20H2,1-5H3,(H,33,35). The fraction of sp³-hybridized carbons (Fsp3) is 0.355. The van der Waals surface area contributed by atoms with Gasteiger partial charge in [0.05, 0.1) is 13.5 Å². The minimum absolute atomic E-state index is 0.146. The van der Waals surface area contributed by atoms with E-state index < -0.39 is 5.67 Å². The molecule has 0 heterocycles. The average Bonchev–Trinajstić information content (AvgIpc) is 2.88.